The van der Waals surface area contributed by atoms with Gasteiger partial charge in [0.15, 0.2) is 0 Å². The van der Waals surface area contributed by atoms with E-state index in [0.717, 1.165) is 4.47 Å². The summed E-state index contributed by atoms with van der Waals surface area (Å²) >= 11 is 3.33. The second-order valence-corrected chi connectivity index (χ2v) is 5.56. The summed E-state index contributed by atoms with van der Waals surface area (Å²) in [4.78, 5) is 23.3. The van der Waals surface area contributed by atoms with Crippen molar-refractivity contribution in [3.8, 4) is 0 Å². The molecule has 23 heavy (non-hydrogen) atoms. The SMILES string of the molecule is COCCNCC(=O)NCCCNC(=O)c1cccc(Br)c1.Cl. The zero-order valence-electron chi connectivity index (χ0n) is 13.1. The number of carbonyl (C=O) groups is 2. The molecule has 0 heterocycles. The van der Waals surface area contributed by atoms with Crippen molar-refractivity contribution in [3.63, 3.8) is 0 Å². The third kappa shape index (κ3) is 10.3. The van der Waals surface area contributed by atoms with E-state index in [4.69, 9.17) is 4.74 Å². The van der Waals surface area contributed by atoms with Crippen LogP contribution in [0.4, 0.5) is 0 Å². The van der Waals surface area contributed by atoms with Crippen molar-refractivity contribution >= 4 is 40.2 Å². The highest BCUT2D eigenvalue weighted by Gasteiger charge is 2.05. The molecule has 1 rings (SSSR count). The van der Waals surface area contributed by atoms with Gasteiger partial charge in [-0.25, -0.2) is 0 Å². The predicted molar refractivity (Wildman–Crippen MR) is 96.1 cm³/mol. The number of nitrogens with one attached hydrogen (secondary N) is 3. The van der Waals surface area contributed by atoms with Crippen LogP contribution in [0.25, 0.3) is 0 Å². The molecule has 6 nitrogen and oxygen atoms in total. The van der Waals surface area contributed by atoms with Gasteiger partial charge in [-0.3, -0.25) is 9.59 Å². The molecule has 0 radical (unpaired) electrons. The molecule has 2 amide bonds. The lowest BCUT2D eigenvalue weighted by Crippen LogP contribution is -2.36. The van der Waals surface area contributed by atoms with Crippen LogP contribution in [0.3, 0.4) is 0 Å². The maximum absolute atomic E-state index is 11.9. The molecule has 1 aromatic carbocycles. The molecule has 0 spiro atoms. The Bertz CT molecular complexity index is 489. The molecular weight excluding hydrogens is 386 g/mol. The average molecular weight is 409 g/mol. The molecule has 0 bridgehead atoms. The van der Waals surface area contributed by atoms with Crippen molar-refractivity contribution in [2.45, 2.75) is 6.42 Å². The summed E-state index contributed by atoms with van der Waals surface area (Å²) < 4.78 is 5.73. The number of hydrogen-bond acceptors (Lipinski definition) is 4. The number of carbonyl (C=O) groups excluding carboxylic acids is 2. The van der Waals surface area contributed by atoms with Crippen LogP contribution in [-0.4, -0.2) is 51.7 Å². The number of benzene rings is 1. The van der Waals surface area contributed by atoms with Crippen molar-refractivity contribution < 1.29 is 14.3 Å². The Balaban J connectivity index is 0.00000484. The first-order valence-corrected chi connectivity index (χ1v) is 7.93. The third-order valence-electron chi connectivity index (χ3n) is 2.82. The van der Waals surface area contributed by atoms with Crippen LogP contribution in [0.5, 0.6) is 0 Å². The molecule has 0 aromatic heterocycles. The van der Waals surface area contributed by atoms with Gasteiger partial charge in [0.2, 0.25) is 5.91 Å². The first-order chi connectivity index (χ1) is 10.6. The Morgan fingerprint density at radius 3 is 2.61 bits per heavy atom. The average Bonchev–Trinajstić information content (AvgIpc) is 2.51. The van der Waals surface area contributed by atoms with E-state index in [-0.39, 0.29) is 30.8 Å². The summed E-state index contributed by atoms with van der Waals surface area (Å²) in [6.07, 6.45) is 0.684. The van der Waals surface area contributed by atoms with Gasteiger partial charge in [0, 0.05) is 36.8 Å². The molecular formula is C15H23BrClN3O3. The molecule has 0 aliphatic heterocycles. The molecule has 0 aliphatic rings. The number of rotatable bonds is 10. The van der Waals surface area contributed by atoms with Crippen LogP contribution in [0.2, 0.25) is 0 Å². The van der Waals surface area contributed by atoms with Crippen LogP contribution >= 0.6 is 28.3 Å². The quantitative estimate of drug-likeness (QED) is 0.511. The van der Waals surface area contributed by atoms with Gasteiger partial charge >= 0.3 is 0 Å². The fourth-order valence-electron chi connectivity index (χ4n) is 1.69. The Hall–Kier alpha value is -1.15. The van der Waals surface area contributed by atoms with E-state index in [1.807, 2.05) is 12.1 Å². The van der Waals surface area contributed by atoms with Crippen molar-refractivity contribution in [3.05, 3.63) is 34.3 Å². The van der Waals surface area contributed by atoms with E-state index in [0.29, 0.717) is 38.2 Å². The van der Waals surface area contributed by atoms with Crippen molar-refractivity contribution in [1.82, 2.24) is 16.0 Å². The highest BCUT2D eigenvalue weighted by atomic mass is 79.9. The zero-order chi connectivity index (χ0) is 16.2. The maximum Gasteiger partial charge on any atom is 0.251 e. The smallest absolute Gasteiger partial charge is 0.251 e. The lowest BCUT2D eigenvalue weighted by molar-refractivity contribution is -0.120. The lowest BCUT2D eigenvalue weighted by atomic mass is 10.2. The summed E-state index contributed by atoms with van der Waals surface area (Å²) in [7, 11) is 1.62. The van der Waals surface area contributed by atoms with Crippen molar-refractivity contribution in [2.75, 3.05) is 39.9 Å². The number of amides is 2. The first kappa shape index (κ1) is 21.9. The summed E-state index contributed by atoms with van der Waals surface area (Å²) in [5.41, 5.74) is 0.612. The van der Waals surface area contributed by atoms with Crippen LogP contribution < -0.4 is 16.0 Å². The number of hydrogen-bond donors (Lipinski definition) is 3. The van der Waals surface area contributed by atoms with E-state index in [1.165, 1.54) is 0 Å². The van der Waals surface area contributed by atoms with Gasteiger partial charge in [-0.15, -0.1) is 12.4 Å². The molecule has 0 aliphatic carbocycles. The van der Waals surface area contributed by atoms with Gasteiger partial charge < -0.3 is 20.7 Å². The van der Waals surface area contributed by atoms with Gasteiger partial charge in [0.1, 0.15) is 0 Å². The fraction of sp³-hybridized carbons (Fsp3) is 0.467. The fourth-order valence-corrected chi connectivity index (χ4v) is 2.09. The van der Waals surface area contributed by atoms with Crippen LogP contribution in [0.1, 0.15) is 16.8 Å². The summed E-state index contributed by atoms with van der Waals surface area (Å²) in [6, 6.07) is 7.21. The Labute approximate surface area is 151 Å². The highest BCUT2D eigenvalue weighted by Crippen LogP contribution is 2.11. The second-order valence-electron chi connectivity index (χ2n) is 4.64. The van der Waals surface area contributed by atoms with Gasteiger partial charge in [0.25, 0.3) is 5.91 Å². The molecule has 8 heteroatoms. The molecule has 1 aromatic rings. The molecule has 0 atom stereocenters. The largest absolute Gasteiger partial charge is 0.383 e. The van der Waals surface area contributed by atoms with Crippen LogP contribution in [0, 0.1) is 0 Å². The highest BCUT2D eigenvalue weighted by molar-refractivity contribution is 9.10. The maximum atomic E-state index is 11.9. The van der Waals surface area contributed by atoms with Crippen LogP contribution in [0.15, 0.2) is 28.7 Å². The number of methoxy groups -OCH3 is 1. The molecule has 0 saturated heterocycles. The van der Waals surface area contributed by atoms with Gasteiger partial charge in [-0.1, -0.05) is 22.0 Å². The van der Waals surface area contributed by atoms with E-state index in [9.17, 15) is 9.59 Å². The molecule has 0 unspecified atom stereocenters. The van der Waals surface area contributed by atoms with E-state index >= 15 is 0 Å². The third-order valence-corrected chi connectivity index (χ3v) is 3.31. The monoisotopic (exact) mass is 407 g/mol. The van der Waals surface area contributed by atoms with Gasteiger partial charge in [-0.05, 0) is 24.6 Å². The van der Waals surface area contributed by atoms with Gasteiger partial charge in [0.05, 0.1) is 13.2 Å². The minimum Gasteiger partial charge on any atom is -0.383 e. The molecule has 0 saturated carbocycles. The molecule has 0 fully saturated rings. The lowest BCUT2D eigenvalue weighted by Gasteiger charge is -2.08. The summed E-state index contributed by atoms with van der Waals surface area (Å²) in [5, 5.41) is 8.56. The van der Waals surface area contributed by atoms with Gasteiger partial charge in [-0.2, -0.15) is 0 Å². The van der Waals surface area contributed by atoms with E-state index in [1.54, 1.807) is 19.2 Å². The normalized spacial score (nSPS) is 9.83. The zero-order valence-corrected chi connectivity index (χ0v) is 15.5. The number of ether oxygens (including phenoxy) is 1. The minimum atomic E-state index is -0.117. The molecule has 3 N–H and O–H groups in total. The Morgan fingerprint density at radius 1 is 1.17 bits per heavy atom. The Kier molecular flexibility index (Phi) is 12.6. The van der Waals surface area contributed by atoms with Crippen LogP contribution in [-0.2, 0) is 9.53 Å². The number of halogens is 2. The standard InChI is InChI=1S/C15H22BrN3O3.ClH/c1-22-9-8-17-11-14(20)18-6-3-7-19-15(21)12-4-2-5-13(16)10-12;/h2,4-5,10,17H,3,6-9,11H2,1H3,(H,18,20)(H,19,21);1H. The summed E-state index contributed by atoms with van der Waals surface area (Å²) in [6.45, 7) is 2.54. The minimum absolute atomic E-state index is 0. The van der Waals surface area contributed by atoms with E-state index in [2.05, 4.69) is 31.9 Å². The first-order valence-electron chi connectivity index (χ1n) is 7.13. The Morgan fingerprint density at radius 2 is 1.91 bits per heavy atom. The van der Waals surface area contributed by atoms with Crippen molar-refractivity contribution in [1.29, 1.82) is 0 Å². The second kappa shape index (κ2) is 13.3. The molecule has 130 valence electrons. The topological polar surface area (TPSA) is 79.5 Å². The summed E-state index contributed by atoms with van der Waals surface area (Å²) in [5.74, 6) is -0.178. The van der Waals surface area contributed by atoms with E-state index < -0.39 is 0 Å². The van der Waals surface area contributed by atoms with Crippen molar-refractivity contribution in [2.24, 2.45) is 0 Å². The predicted octanol–water partition coefficient (Wildman–Crippen LogP) is 1.34.